The van der Waals surface area contributed by atoms with E-state index in [4.69, 9.17) is 4.74 Å². The Kier molecular flexibility index (Phi) is 3.62. The van der Waals surface area contributed by atoms with E-state index in [1.165, 1.54) is 17.5 Å². The Morgan fingerprint density at radius 2 is 2.06 bits per heavy atom. The van der Waals surface area contributed by atoms with Crippen molar-refractivity contribution < 1.29 is 4.74 Å². The Balaban J connectivity index is 2.12. The number of rotatable bonds is 5. The lowest BCUT2D eigenvalue weighted by molar-refractivity contribution is 0.168. The van der Waals surface area contributed by atoms with E-state index in [0.717, 1.165) is 26.1 Å². The van der Waals surface area contributed by atoms with Gasteiger partial charge < -0.3 is 10.1 Å². The van der Waals surface area contributed by atoms with Crippen molar-refractivity contribution in [2.24, 2.45) is 0 Å². The third kappa shape index (κ3) is 2.13. The van der Waals surface area contributed by atoms with Gasteiger partial charge in [0.1, 0.15) is 0 Å². The van der Waals surface area contributed by atoms with E-state index in [1.54, 1.807) is 7.11 Å². The van der Waals surface area contributed by atoms with Crippen molar-refractivity contribution in [3.63, 3.8) is 0 Å². The van der Waals surface area contributed by atoms with Gasteiger partial charge in [-0.2, -0.15) is 0 Å². The quantitative estimate of drug-likeness (QED) is 0.767. The lowest BCUT2D eigenvalue weighted by Gasteiger charge is -2.44. The maximum atomic E-state index is 5.15. The van der Waals surface area contributed by atoms with Crippen molar-refractivity contribution in [1.29, 1.82) is 0 Å². The number of benzene rings is 1. The molecule has 1 fully saturated rings. The normalized spacial score (nSPS) is 18.1. The summed E-state index contributed by atoms with van der Waals surface area (Å²) in [6.07, 6.45) is 2.37. The molecule has 1 aliphatic heterocycles. The van der Waals surface area contributed by atoms with Crippen molar-refractivity contribution in [1.82, 2.24) is 5.32 Å². The fourth-order valence-corrected chi connectivity index (χ4v) is 2.65. The van der Waals surface area contributed by atoms with E-state index in [2.05, 4.69) is 36.5 Å². The maximum absolute atomic E-state index is 5.15. The minimum Gasteiger partial charge on any atom is -0.385 e. The summed E-state index contributed by atoms with van der Waals surface area (Å²) in [5.74, 6) is 0. The molecule has 0 atom stereocenters. The summed E-state index contributed by atoms with van der Waals surface area (Å²) >= 11 is 0. The van der Waals surface area contributed by atoms with Gasteiger partial charge in [0.25, 0.3) is 0 Å². The number of hydrogen-bond acceptors (Lipinski definition) is 2. The van der Waals surface area contributed by atoms with Crippen LogP contribution in [-0.4, -0.2) is 26.8 Å². The molecule has 0 bridgehead atoms. The highest BCUT2D eigenvalue weighted by atomic mass is 16.5. The van der Waals surface area contributed by atoms with E-state index < -0.39 is 0 Å². The van der Waals surface area contributed by atoms with Gasteiger partial charge >= 0.3 is 0 Å². The Labute approximate surface area is 98.0 Å². The lowest BCUT2D eigenvalue weighted by Crippen LogP contribution is -2.57. The summed E-state index contributed by atoms with van der Waals surface area (Å²) < 4.78 is 5.15. The first-order chi connectivity index (χ1) is 7.78. The van der Waals surface area contributed by atoms with E-state index in [-0.39, 0.29) is 0 Å². The molecule has 2 nitrogen and oxygen atoms in total. The van der Waals surface area contributed by atoms with E-state index >= 15 is 0 Å². The Hall–Kier alpha value is -0.860. The second kappa shape index (κ2) is 4.98. The van der Waals surface area contributed by atoms with Crippen molar-refractivity contribution in [3.05, 3.63) is 35.4 Å². The highest BCUT2D eigenvalue weighted by molar-refractivity contribution is 5.36. The number of nitrogens with one attached hydrogen (secondary N) is 1. The first-order valence-corrected chi connectivity index (χ1v) is 6.04. The summed E-state index contributed by atoms with van der Waals surface area (Å²) in [5, 5.41) is 3.41. The van der Waals surface area contributed by atoms with Crippen LogP contribution in [-0.2, 0) is 10.2 Å². The molecule has 0 spiro atoms. The van der Waals surface area contributed by atoms with Gasteiger partial charge in [-0.05, 0) is 30.9 Å². The topological polar surface area (TPSA) is 21.3 Å². The SMILES string of the molecule is COCCCC1(c2ccccc2C)CNC1. The molecule has 0 aromatic heterocycles. The number of methoxy groups -OCH3 is 1. The third-order valence-corrected chi connectivity index (χ3v) is 3.65. The molecule has 2 rings (SSSR count). The minimum absolute atomic E-state index is 0.365. The predicted molar refractivity (Wildman–Crippen MR) is 66.8 cm³/mol. The van der Waals surface area contributed by atoms with Crippen molar-refractivity contribution >= 4 is 0 Å². The van der Waals surface area contributed by atoms with Crippen LogP contribution in [0.3, 0.4) is 0 Å². The van der Waals surface area contributed by atoms with E-state index in [1.807, 2.05) is 0 Å². The van der Waals surface area contributed by atoms with Gasteiger partial charge in [0, 0.05) is 32.2 Å². The van der Waals surface area contributed by atoms with Gasteiger partial charge in [0.2, 0.25) is 0 Å². The Morgan fingerprint density at radius 3 is 2.62 bits per heavy atom. The molecule has 16 heavy (non-hydrogen) atoms. The van der Waals surface area contributed by atoms with Crippen LogP contribution in [0.25, 0.3) is 0 Å². The summed E-state index contributed by atoms with van der Waals surface area (Å²) in [7, 11) is 1.78. The van der Waals surface area contributed by atoms with Crippen LogP contribution in [0.15, 0.2) is 24.3 Å². The zero-order valence-corrected chi connectivity index (χ0v) is 10.3. The molecule has 1 saturated heterocycles. The Morgan fingerprint density at radius 1 is 1.31 bits per heavy atom. The minimum atomic E-state index is 0.365. The van der Waals surface area contributed by atoms with Crippen LogP contribution in [0, 0.1) is 6.92 Å². The highest BCUT2D eigenvalue weighted by Gasteiger charge is 2.38. The first-order valence-electron chi connectivity index (χ1n) is 6.04. The van der Waals surface area contributed by atoms with Crippen LogP contribution in [0.1, 0.15) is 24.0 Å². The second-order valence-corrected chi connectivity index (χ2v) is 4.80. The van der Waals surface area contributed by atoms with Crippen molar-refractivity contribution in [2.45, 2.75) is 25.2 Å². The fraction of sp³-hybridized carbons (Fsp3) is 0.571. The zero-order valence-electron chi connectivity index (χ0n) is 10.3. The largest absolute Gasteiger partial charge is 0.385 e. The molecular weight excluding hydrogens is 198 g/mol. The fourth-order valence-electron chi connectivity index (χ4n) is 2.65. The number of aryl methyl sites for hydroxylation is 1. The van der Waals surface area contributed by atoms with Crippen LogP contribution in [0.2, 0.25) is 0 Å². The lowest BCUT2D eigenvalue weighted by atomic mass is 9.70. The second-order valence-electron chi connectivity index (χ2n) is 4.80. The number of hydrogen-bond donors (Lipinski definition) is 1. The molecule has 2 heteroatoms. The molecule has 1 aromatic rings. The molecule has 88 valence electrons. The molecule has 0 unspecified atom stereocenters. The van der Waals surface area contributed by atoms with E-state index in [9.17, 15) is 0 Å². The van der Waals surface area contributed by atoms with Gasteiger partial charge in [0.05, 0.1) is 0 Å². The Bertz CT molecular complexity index is 344. The van der Waals surface area contributed by atoms with Gasteiger partial charge in [0.15, 0.2) is 0 Å². The monoisotopic (exact) mass is 219 g/mol. The molecule has 0 amide bonds. The summed E-state index contributed by atoms with van der Waals surface area (Å²) in [6, 6.07) is 8.77. The summed E-state index contributed by atoms with van der Waals surface area (Å²) in [5.41, 5.74) is 3.30. The molecule has 1 aliphatic rings. The van der Waals surface area contributed by atoms with Crippen molar-refractivity contribution in [3.8, 4) is 0 Å². The van der Waals surface area contributed by atoms with Gasteiger partial charge in [-0.15, -0.1) is 0 Å². The van der Waals surface area contributed by atoms with E-state index in [0.29, 0.717) is 5.41 Å². The molecular formula is C14H21NO. The average Bonchev–Trinajstić information content (AvgIpc) is 2.24. The predicted octanol–water partition coefficient (Wildman–Crippen LogP) is 2.26. The van der Waals surface area contributed by atoms with Crippen molar-refractivity contribution in [2.75, 3.05) is 26.8 Å². The maximum Gasteiger partial charge on any atom is 0.0462 e. The molecule has 1 heterocycles. The van der Waals surface area contributed by atoms with Crippen LogP contribution in [0.4, 0.5) is 0 Å². The van der Waals surface area contributed by atoms with Crippen LogP contribution >= 0.6 is 0 Å². The molecule has 1 N–H and O–H groups in total. The zero-order chi connectivity index (χ0) is 11.4. The molecule has 1 aromatic carbocycles. The molecule has 0 aliphatic carbocycles. The molecule has 0 radical (unpaired) electrons. The molecule has 0 saturated carbocycles. The van der Waals surface area contributed by atoms with Gasteiger partial charge in [-0.1, -0.05) is 24.3 Å². The first kappa shape index (κ1) is 11.6. The van der Waals surface area contributed by atoms with Crippen LogP contribution in [0.5, 0.6) is 0 Å². The summed E-state index contributed by atoms with van der Waals surface area (Å²) in [6.45, 7) is 5.31. The standard InChI is InChI=1S/C14H21NO/c1-12-6-3-4-7-13(12)14(10-15-11-14)8-5-9-16-2/h3-4,6-7,15H,5,8-11H2,1-2H3. The smallest absolute Gasteiger partial charge is 0.0462 e. The van der Waals surface area contributed by atoms with Gasteiger partial charge in [-0.3, -0.25) is 0 Å². The highest BCUT2D eigenvalue weighted by Crippen LogP contribution is 2.35. The third-order valence-electron chi connectivity index (χ3n) is 3.65. The average molecular weight is 219 g/mol. The summed E-state index contributed by atoms with van der Waals surface area (Å²) in [4.78, 5) is 0. The van der Waals surface area contributed by atoms with Crippen LogP contribution < -0.4 is 5.32 Å². The number of ether oxygens (including phenoxy) is 1. The van der Waals surface area contributed by atoms with Gasteiger partial charge in [-0.25, -0.2) is 0 Å².